The van der Waals surface area contributed by atoms with Gasteiger partial charge in [-0.05, 0) is 81.9 Å². The van der Waals surface area contributed by atoms with Crippen LogP contribution in [0.1, 0.15) is 44.9 Å². The molecule has 0 saturated carbocycles. The lowest BCUT2D eigenvalue weighted by atomic mass is 9.97. The standard InChI is InChI=1S/C24H34FN5O2/c1-18-5-2-12-29(15-18)14-4-11-26-24(31)20-6-3-13-30(16-20)17-22-27-23(28-32-22)19-7-9-21(25)10-8-19/h7-10,18,20H,2-6,11-17H2,1H3,(H,26,31). The molecule has 0 aliphatic carbocycles. The summed E-state index contributed by atoms with van der Waals surface area (Å²) < 4.78 is 18.5. The summed E-state index contributed by atoms with van der Waals surface area (Å²) in [5.74, 6) is 1.61. The van der Waals surface area contributed by atoms with Crippen molar-refractivity contribution in [3.05, 3.63) is 36.0 Å². The van der Waals surface area contributed by atoms with E-state index in [-0.39, 0.29) is 17.6 Å². The third-order valence-electron chi connectivity index (χ3n) is 6.50. The van der Waals surface area contributed by atoms with Crippen molar-refractivity contribution in [2.45, 2.75) is 45.6 Å². The predicted octanol–water partition coefficient (Wildman–Crippen LogP) is 3.33. The zero-order valence-corrected chi connectivity index (χ0v) is 18.9. The second-order valence-corrected chi connectivity index (χ2v) is 9.29. The molecule has 174 valence electrons. The van der Waals surface area contributed by atoms with Crippen molar-refractivity contribution >= 4 is 5.91 Å². The van der Waals surface area contributed by atoms with Gasteiger partial charge >= 0.3 is 0 Å². The normalized spacial score (nSPS) is 22.7. The number of hydrogen-bond acceptors (Lipinski definition) is 6. The molecule has 1 aromatic carbocycles. The Kier molecular flexibility index (Phi) is 7.86. The molecule has 1 N–H and O–H groups in total. The predicted molar refractivity (Wildman–Crippen MR) is 120 cm³/mol. The van der Waals surface area contributed by atoms with Gasteiger partial charge in [0.15, 0.2) is 0 Å². The molecule has 2 unspecified atom stereocenters. The van der Waals surface area contributed by atoms with E-state index in [4.69, 9.17) is 4.52 Å². The lowest BCUT2D eigenvalue weighted by molar-refractivity contribution is -0.126. The molecule has 2 aromatic rings. The van der Waals surface area contributed by atoms with Crippen molar-refractivity contribution in [3.63, 3.8) is 0 Å². The molecule has 2 aliphatic heterocycles. The van der Waals surface area contributed by atoms with Crippen molar-refractivity contribution in [3.8, 4) is 11.4 Å². The van der Waals surface area contributed by atoms with Gasteiger partial charge in [-0.3, -0.25) is 9.69 Å². The maximum Gasteiger partial charge on any atom is 0.241 e. The first-order valence-corrected chi connectivity index (χ1v) is 11.9. The summed E-state index contributed by atoms with van der Waals surface area (Å²) in [7, 11) is 0. The number of nitrogens with zero attached hydrogens (tertiary/aromatic N) is 4. The second kappa shape index (κ2) is 11.0. The number of benzene rings is 1. The van der Waals surface area contributed by atoms with Crippen molar-refractivity contribution in [2.75, 3.05) is 39.3 Å². The molecule has 1 amide bonds. The fourth-order valence-corrected chi connectivity index (χ4v) is 4.79. The van der Waals surface area contributed by atoms with Gasteiger partial charge in [-0.1, -0.05) is 12.1 Å². The molecule has 2 fully saturated rings. The van der Waals surface area contributed by atoms with E-state index in [0.717, 1.165) is 50.4 Å². The lowest BCUT2D eigenvalue weighted by Gasteiger charge is -2.31. The summed E-state index contributed by atoms with van der Waals surface area (Å²) in [6.45, 7) is 8.62. The Morgan fingerprint density at radius 3 is 2.75 bits per heavy atom. The number of hydrogen-bond donors (Lipinski definition) is 1. The summed E-state index contributed by atoms with van der Waals surface area (Å²) in [6.07, 6.45) is 5.52. The molecule has 1 aromatic heterocycles. The summed E-state index contributed by atoms with van der Waals surface area (Å²) >= 11 is 0. The molecular formula is C24H34FN5O2. The largest absolute Gasteiger partial charge is 0.356 e. The zero-order chi connectivity index (χ0) is 22.3. The molecule has 7 nitrogen and oxygen atoms in total. The van der Waals surface area contributed by atoms with Crippen LogP contribution in [0.5, 0.6) is 0 Å². The molecule has 2 saturated heterocycles. The first kappa shape index (κ1) is 22.9. The van der Waals surface area contributed by atoms with Gasteiger partial charge in [0, 0.05) is 25.2 Å². The van der Waals surface area contributed by atoms with Crippen molar-refractivity contribution in [1.82, 2.24) is 25.3 Å². The molecular weight excluding hydrogens is 409 g/mol. The Morgan fingerprint density at radius 2 is 1.94 bits per heavy atom. The minimum atomic E-state index is -0.295. The fraction of sp³-hybridized carbons (Fsp3) is 0.625. The van der Waals surface area contributed by atoms with Crippen molar-refractivity contribution in [2.24, 2.45) is 11.8 Å². The average Bonchev–Trinajstić information content (AvgIpc) is 3.26. The van der Waals surface area contributed by atoms with E-state index < -0.39 is 0 Å². The highest BCUT2D eigenvalue weighted by molar-refractivity contribution is 5.78. The van der Waals surface area contributed by atoms with Crippen LogP contribution in [0.25, 0.3) is 11.4 Å². The fourth-order valence-electron chi connectivity index (χ4n) is 4.79. The molecule has 8 heteroatoms. The zero-order valence-electron chi connectivity index (χ0n) is 18.9. The summed E-state index contributed by atoms with van der Waals surface area (Å²) in [4.78, 5) is 21.8. The van der Waals surface area contributed by atoms with Crippen LogP contribution in [0, 0.1) is 17.7 Å². The van der Waals surface area contributed by atoms with Crippen LogP contribution in [0.3, 0.4) is 0 Å². The smallest absolute Gasteiger partial charge is 0.241 e. The van der Waals surface area contributed by atoms with E-state index in [1.54, 1.807) is 12.1 Å². The van der Waals surface area contributed by atoms with E-state index in [1.807, 2.05) is 0 Å². The van der Waals surface area contributed by atoms with Crippen LogP contribution in [0.15, 0.2) is 28.8 Å². The van der Waals surface area contributed by atoms with Gasteiger partial charge in [0.05, 0.1) is 12.5 Å². The molecule has 3 heterocycles. The summed E-state index contributed by atoms with van der Waals surface area (Å²) in [6, 6.07) is 6.03. The van der Waals surface area contributed by atoms with Crippen LogP contribution in [-0.2, 0) is 11.3 Å². The average molecular weight is 444 g/mol. The Labute approximate surface area is 189 Å². The van der Waals surface area contributed by atoms with Gasteiger partial charge in [-0.15, -0.1) is 0 Å². The molecule has 0 radical (unpaired) electrons. The molecule has 0 spiro atoms. The Bertz CT molecular complexity index is 872. The van der Waals surface area contributed by atoms with Gasteiger partial charge in [0.25, 0.3) is 0 Å². The summed E-state index contributed by atoms with van der Waals surface area (Å²) in [5, 5.41) is 7.15. The highest BCUT2D eigenvalue weighted by Crippen LogP contribution is 2.21. The maximum atomic E-state index is 13.1. The number of rotatable bonds is 8. The minimum absolute atomic E-state index is 0.00162. The highest BCUT2D eigenvalue weighted by atomic mass is 19.1. The lowest BCUT2D eigenvalue weighted by Crippen LogP contribution is -2.43. The van der Waals surface area contributed by atoms with Crippen LogP contribution in [0.2, 0.25) is 0 Å². The van der Waals surface area contributed by atoms with E-state index in [0.29, 0.717) is 24.8 Å². The number of amides is 1. The first-order chi connectivity index (χ1) is 15.6. The Balaban J connectivity index is 1.20. The number of nitrogens with one attached hydrogen (secondary N) is 1. The van der Waals surface area contributed by atoms with Gasteiger partial charge in [-0.25, -0.2) is 4.39 Å². The molecule has 4 rings (SSSR count). The minimum Gasteiger partial charge on any atom is -0.356 e. The van der Waals surface area contributed by atoms with Crippen LogP contribution in [-0.4, -0.2) is 65.1 Å². The van der Waals surface area contributed by atoms with E-state index in [2.05, 4.69) is 32.2 Å². The summed E-state index contributed by atoms with van der Waals surface area (Å²) in [5.41, 5.74) is 0.719. The number of carbonyl (C=O) groups is 1. The van der Waals surface area contributed by atoms with Crippen molar-refractivity contribution in [1.29, 1.82) is 0 Å². The SMILES string of the molecule is CC1CCCN(CCCNC(=O)C2CCCN(Cc3nc(-c4ccc(F)cc4)no3)C2)C1. The molecule has 2 aliphatic rings. The number of carbonyl (C=O) groups excluding carboxylic acids is 1. The van der Waals surface area contributed by atoms with Gasteiger partial charge in [0.2, 0.25) is 17.6 Å². The Hall–Kier alpha value is -2.32. The number of halogens is 1. The topological polar surface area (TPSA) is 74.5 Å². The number of aromatic nitrogens is 2. The van der Waals surface area contributed by atoms with Crippen LogP contribution in [0.4, 0.5) is 4.39 Å². The molecule has 0 bridgehead atoms. The van der Waals surface area contributed by atoms with Crippen LogP contribution < -0.4 is 5.32 Å². The molecule has 32 heavy (non-hydrogen) atoms. The second-order valence-electron chi connectivity index (χ2n) is 9.29. The molecule has 2 atom stereocenters. The van der Waals surface area contributed by atoms with E-state index in [1.165, 1.54) is 38.1 Å². The quantitative estimate of drug-likeness (QED) is 0.631. The van der Waals surface area contributed by atoms with Crippen LogP contribution >= 0.6 is 0 Å². The monoisotopic (exact) mass is 443 g/mol. The van der Waals surface area contributed by atoms with Gasteiger partial charge < -0.3 is 14.7 Å². The third kappa shape index (κ3) is 6.36. The van der Waals surface area contributed by atoms with Gasteiger partial charge in [-0.2, -0.15) is 4.98 Å². The first-order valence-electron chi connectivity index (χ1n) is 11.9. The van der Waals surface area contributed by atoms with Gasteiger partial charge in [0.1, 0.15) is 5.82 Å². The Morgan fingerprint density at radius 1 is 1.16 bits per heavy atom. The van der Waals surface area contributed by atoms with E-state index >= 15 is 0 Å². The maximum absolute atomic E-state index is 13.1. The highest BCUT2D eigenvalue weighted by Gasteiger charge is 2.27. The van der Waals surface area contributed by atoms with E-state index in [9.17, 15) is 9.18 Å². The van der Waals surface area contributed by atoms with Crippen molar-refractivity contribution < 1.29 is 13.7 Å². The number of piperidine rings is 2. The number of likely N-dealkylation sites (tertiary alicyclic amines) is 2. The third-order valence-corrected chi connectivity index (χ3v) is 6.50.